The highest BCUT2D eigenvalue weighted by Crippen LogP contribution is 2.52. The van der Waals surface area contributed by atoms with E-state index in [1.165, 1.54) is 11.1 Å². The van der Waals surface area contributed by atoms with E-state index in [9.17, 15) is 0 Å². The lowest BCUT2D eigenvalue weighted by molar-refractivity contribution is -0.151. The molecule has 0 unspecified atom stereocenters. The van der Waals surface area contributed by atoms with E-state index in [-0.39, 0.29) is 6.04 Å². The van der Waals surface area contributed by atoms with Crippen molar-refractivity contribution in [2.75, 3.05) is 20.2 Å². The number of fused-ring (bicyclic) bond motifs is 4. The van der Waals surface area contributed by atoms with Gasteiger partial charge in [0.1, 0.15) is 0 Å². The first-order valence-corrected chi connectivity index (χ1v) is 12.7. The molecule has 0 N–H and O–H groups in total. The van der Waals surface area contributed by atoms with Gasteiger partial charge in [0.2, 0.25) is 5.72 Å². The number of halogens is 1. The molecule has 1 spiro atoms. The molecule has 3 heterocycles. The number of piperidine rings is 1. The van der Waals surface area contributed by atoms with Gasteiger partial charge in [0.15, 0.2) is 11.5 Å². The molecule has 0 saturated carbocycles. The maximum Gasteiger partial charge on any atom is 0.200 e. The third-order valence-corrected chi connectivity index (χ3v) is 7.80. The molecule has 3 aliphatic heterocycles. The molecular formula is C28H28BrN3O2. The van der Waals surface area contributed by atoms with Crippen LogP contribution in [0.5, 0.6) is 11.5 Å². The summed E-state index contributed by atoms with van der Waals surface area (Å²) in [5.41, 5.74) is 4.33. The fourth-order valence-electron chi connectivity index (χ4n) is 5.48. The van der Waals surface area contributed by atoms with Crippen LogP contribution in [0.4, 0.5) is 0 Å². The quantitative estimate of drug-likeness (QED) is 0.425. The summed E-state index contributed by atoms with van der Waals surface area (Å²) in [5.74, 6) is 1.69. The molecule has 1 saturated heterocycles. The summed E-state index contributed by atoms with van der Waals surface area (Å²) in [6, 6.07) is 25.5. The van der Waals surface area contributed by atoms with Gasteiger partial charge in [-0.25, -0.2) is 5.01 Å². The summed E-state index contributed by atoms with van der Waals surface area (Å²) in [7, 11) is 1.72. The van der Waals surface area contributed by atoms with Crippen LogP contribution in [0.3, 0.4) is 0 Å². The van der Waals surface area contributed by atoms with Crippen LogP contribution in [-0.2, 0) is 6.54 Å². The fraction of sp³-hybridized carbons (Fsp3) is 0.321. The van der Waals surface area contributed by atoms with Gasteiger partial charge in [-0.1, -0.05) is 70.5 Å². The van der Waals surface area contributed by atoms with Gasteiger partial charge in [-0.2, -0.15) is 5.10 Å². The third-order valence-electron chi connectivity index (χ3n) is 7.27. The van der Waals surface area contributed by atoms with Crippen molar-refractivity contribution >= 4 is 21.6 Å². The molecule has 3 aliphatic rings. The summed E-state index contributed by atoms with van der Waals surface area (Å²) < 4.78 is 13.7. The molecule has 3 aromatic carbocycles. The SMILES string of the molecule is COc1cccc2c1OC1(CCN(Cc3ccccc3)CC1)N1N=C(c3ccc(Br)cc3)C[C@H]21. The van der Waals surface area contributed by atoms with Crippen LogP contribution in [-0.4, -0.2) is 41.5 Å². The number of hydrazone groups is 1. The maximum atomic E-state index is 6.86. The van der Waals surface area contributed by atoms with E-state index in [0.29, 0.717) is 0 Å². The normalized spacial score (nSPS) is 20.9. The second kappa shape index (κ2) is 8.75. The van der Waals surface area contributed by atoms with Crippen LogP contribution >= 0.6 is 15.9 Å². The minimum atomic E-state index is -0.462. The molecule has 1 atom stereocenters. The molecule has 0 radical (unpaired) electrons. The van der Waals surface area contributed by atoms with Crippen molar-refractivity contribution in [3.05, 3.63) is 94.0 Å². The Morgan fingerprint density at radius 3 is 2.50 bits per heavy atom. The molecule has 6 rings (SSSR count). The first kappa shape index (κ1) is 21.7. The van der Waals surface area contributed by atoms with Crippen molar-refractivity contribution in [3.63, 3.8) is 0 Å². The Balaban J connectivity index is 1.33. The maximum absolute atomic E-state index is 6.86. The lowest BCUT2D eigenvalue weighted by Gasteiger charge is -2.51. The van der Waals surface area contributed by atoms with Gasteiger partial charge >= 0.3 is 0 Å². The Morgan fingerprint density at radius 1 is 1.00 bits per heavy atom. The second-order valence-electron chi connectivity index (χ2n) is 9.31. The summed E-state index contributed by atoms with van der Waals surface area (Å²) in [6.45, 7) is 2.89. The molecule has 6 heteroatoms. The summed E-state index contributed by atoms with van der Waals surface area (Å²) in [4.78, 5) is 2.52. The molecule has 34 heavy (non-hydrogen) atoms. The summed E-state index contributed by atoms with van der Waals surface area (Å²) in [6.07, 6.45) is 2.65. The molecule has 0 aliphatic carbocycles. The number of hydrogen-bond acceptors (Lipinski definition) is 5. The third kappa shape index (κ3) is 3.79. The number of ether oxygens (including phenoxy) is 2. The summed E-state index contributed by atoms with van der Waals surface area (Å²) in [5, 5.41) is 7.47. The van der Waals surface area contributed by atoms with Crippen molar-refractivity contribution in [1.82, 2.24) is 9.91 Å². The van der Waals surface area contributed by atoms with E-state index in [2.05, 4.69) is 92.6 Å². The van der Waals surface area contributed by atoms with Crippen LogP contribution in [0, 0.1) is 0 Å². The Kier molecular flexibility index (Phi) is 5.58. The van der Waals surface area contributed by atoms with Crippen molar-refractivity contribution in [2.45, 2.75) is 37.6 Å². The number of nitrogens with zero attached hydrogens (tertiary/aromatic N) is 3. The van der Waals surface area contributed by atoms with Crippen molar-refractivity contribution in [2.24, 2.45) is 5.10 Å². The second-order valence-corrected chi connectivity index (χ2v) is 10.2. The lowest BCUT2D eigenvalue weighted by Crippen LogP contribution is -2.59. The minimum Gasteiger partial charge on any atom is -0.493 e. The molecule has 1 fully saturated rings. The van der Waals surface area contributed by atoms with Crippen LogP contribution in [0.25, 0.3) is 0 Å². The molecular weight excluding hydrogens is 490 g/mol. The fourth-order valence-corrected chi connectivity index (χ4v) is 5.74. The van der Waals surface area contributed by atoms with Gasteiger partial charge in [-0.05, 0) is 29.3 Å². The largest absolute Gasteiger partial charge is 0.493 e. The number of methoxy groups -OCH3 is 1. The molecule has 5 nitrogen and oxygen atoms in total. The number of likely N-dealkylation sites (tertiary alicyclic amines) is 1. The van der Waals surface area contributed by atoms with Gasteiger partial charge in [-0.15, -0.1) is 0 Å². The van der Waals surface area contributed by atoms with Crippen LogP contribution in [0.15, 0.2) is 82.4 Å². The van der Waals surface area contributed by atoms with Gasteiger partial charge in [-0.3, -0.25) is 4.90 Å². The summed E-state index contributed by atoms with van der Waals surface area (Å²) >= 11 is 3.55. The molecule has 0 bridgehead atoms. The zero-order chi connectivity index (χ0) is 23.1. The van der Waals surface area contributed by atoms with Crippen LogP contribution in [0.1, 0.15) is 42.0 Å². The van der Waals surface area contributed by atoms with E-state index in [1.807, 2.05) is 6.07 Å². The zero-order valence-corrected chi connectivity index (χ0v) is 20.9. The standard InChI is InChI=1S/C28H28BrN3O2/c1-33-26-9-5-8-23-25-18-24(21-10-12-22(29)13-11-21)30-32(25)28(34-27(23)26)14-16-31(17-15-28)19-20-6-3-2-4-7-20/h2-13,25H,14-19H2,1H3/t25-/m1/s1. The van der Waals surface area contributed by atoms with Crippen molar-refractivity contribution in [3.8, 4) is 11.5 Å². The molecule has 174 valence electrons. The average Bonchev–Trinajstić information content (AvgIpc) is 3.33. The molecule has 0 amide bonds. The van der Waals surface area contributed by atoms with E-state index in [0.717, 1.165) is 66.1 Å². The predicted molar refractivity (Wildman–Crippen MR) is 137 cm³/mol. The molecule has 3 aromatic rings. The number of rotatable bonds is 4. The first-order chi connectivity index (χ1) is 16.6. The van der Waals surface area contributed by atoms with E-state index in [4.69, 9.17) is 14.6 Å². The highest BCUT2D eigenvalue weighted by atomic mass is 79.9. The monoisotopic (exact) mass is 517 g/mol. The van der Waals surface area contributed by atoms with E-state index < -0.39 is 5.72 Å². The molecule has 0 aromatic heterocycles. The lowest BCUT2D eigenvalue weighted by atomic mass is 9.90. The number of hydrogen-bond donors (Lipinski definition) is 0. The van der Waals surface area contributed by atoms with E-state index >= 15 is 0 Å². The van der Waals surface area contributed by atoms with Gasteiger partial charge in [0, 0.05) is 48.9 Å². The first-order valence-electron chi connectivity index (χ1n) is 11.9. The zero-order valence-electron chi connectivity index (χ0n) is 19.3. The van der Waals surface area contributed by atoms with Gasteiger partial charge in [0.25, 0.3) is 0 Å². The predicted octanol–water partition coefficient (Wildman–Crippen LogP) is 5.99. The minimum absolute atomic E-state index is 0.151. The number of benzene rings is 3. The number of para-hydroxylation sites is 1. The van der Waals surface area contributed by atoms with Crippen LogP contribution in [0.2, 0.25) is 0 Å². The Bertz CT molecular complexity index is 1200. The Hall–Kier alpha value is -2.83. The smallest absolute Gasteiger partial charge is 0.200 e. The Morgan fingerprint density at radius 2 is 1.76 bits per heavy atom. The average molecular weight is 518 g/mol. The van der Waals surface area contributed by atoms with Crippen LogP contribution < -0.4 is 9.47 Å². The Labute approximate surface area is 209 Å². The van der Waals surface area contributed by atoms with Crippen molar-refractivity contribution < 1.29 is 9.47 Å². The topological polar surface area (TPSA) is 37.3 Å². The van der Waals surface area contributed by atoms with E-state index in [1.54, 1.807) is 7.11 Å². The van der Waals surface area contributed by atoms with Crippen molar-refractivity contribution in [1.29, 1.82) is 0 Å². The van der Waals surface area contributed by atoms with Gasteiger partial charge < -0.3 is 9.47 Å². The highest BCUT2D eigenvalue weighted by molar-refractivity contribution is 9.10. The van der Waals surface area contributed by atoms with Gasteiger partial charge in [0.05, 0.1) is 18.9 Å². The highest BCUT2D eigenvalue weighted by Gasteiger charge is 2.52.